The van der Waals surface area contributed by atoms with Crippen LogP contribution in [0.4, 0.5) is 4.79 Å². The predicted molar refractivity (Wildman–Crippen MR) is 73.9 cm³/mol. The van der Waals surface area contributed by atoms with Crippen molar-refractivity contribution in [2.45, 2.75) is 52.2 Å². The lowest BCUT2D eigenvalue weighted by atomic mass is 9.98. The second kappa shape index (κ2) is 7.30. The molecule has 0 aromatic carbocycles. The van der Waals surface area contributed by atoms with Crippen LogP contribution in [0.25, 0.3) is 0 Å². The van der Waals surface area contributed by atoms with Crippen LogP contribution in [-0.2, 0) is 14.9 Å². The van der Waals surface area contributed by atoms with Crippen molar-refractivity contribution in [3.63, 3.8) is 0 Å². The van der Waals surface area contributed by atoms with E-state index in [9.17, 15) is 13.2 Å². The van der Waals surface area contributed by atoms with Gasteiger partial charge in [0, 0.05) is 10.9 Å². The number of alkyl halides is 1. The molecule has 108 valence electrons. The summed E-state index contributed by atoms with van der Waals surface area (Å²) in [6.45, 7) is 6.93. The first-order valence-electron chi connectivity index (χ1n) is 5.72. The van der Waals surface area contributed by atoms with Gasteiger partial charge in [0.1, 0.15) is 0 Å². The first kappa shape index (κ1) is 17.7. The SMILES string of the molecule is CCC(C)(CCBr)NS(=O)(=O)NC(=O)OC(C)C. The zero-order valence-corrected chi connectivity index (χ0v) is 13.5. The highest BCUT2D eigenvalue weighted by Crippen LogP contribution is 2.16. The van der Waals surface area contributed by atoms with Gasteiger partial charge in [0.15, 0.2) is 0 Å². The van der Waals surface area contributed by atoms with Gasteiger partial charge in [0.25, 0.3) is 0 Å². The number of halogens is 1. The number of carbonyl (C=O) groups is 1. The monoisotopic (exact) mass is 344 g/mol. The summed E-state index contributed by atoms with van der Waals surface area (Å²) in [6.07, 6.45) is -0.127. The Morgan fingerprint density at radius 1 is 1.44 bits per heavy atom. The summed E-state index contributed by atoms with van der Waals surface area (Å²) in [4.78, 5) is 11.2. The van der Waals surface area contributed by atoms with E-state index >= 15 is 0 Å². The van der Waals surface area contributed by atoms with Gasteiger partial charge in [0.05, 0.1) is 6.10 Å². The lowest BCUT2D eigenvalue weighted by Gasteiger charge is -2.28. The summed E-state index contributed by atoms with van der Waals surface area (Å²) in [7, 11) is -3.91. The Bertz CT molecular complexity index is 372. The van der Waals surface area contributed by atoms with Crippen molar-refractivity contribution in [1.29, 1.82) is 0 Å². The number of hydrogen-bond donors (Lipinski definition) is 2. The van der Waals surface area contributed by atoms with Crippen molar-refractivity contribution in [1.82, 2.24) is 9.44 Å². The normalized spacial score (nSPS) is 15.2. The summed E-state index contributed by atoms with van der Waals surface area (Å²) in [5, 5.41) is 0.663. The van der Waals surface area contributed by atoms with Crippen LogP contribution in [0.1, 0.15) is 40.5 Å². The van der Waals surface area contributed by atoms with Crippen LogP contribution in [-0.4, -0.2) is 31.5 Å². The van der Waals surface area contributed by atoms with Gasteiger partial charge in [-0.15, -0.1) is 0 Å². The van der Waals surface area contributed by atoms with Crippen LogP contribution >= 0.6 is 15.9 Å². The Hall–Kier alpha value is -0.340. The third kappa shape index (κ3) is 7.17. The van der Waals surface area contributed by atoms with E-state index in [-0.39, 0.29) is 6.10 Å². The van der Waals surface area contributed by atoms with Crippen LogP contribution in [0, 0.1) is 0 Å². The summed E-state index contributed by atoms with van der Waals surface area (Å²) in [5.41, 5.74) is -0.604. The van der Waals surface area contributed by atoms with E-state index in [1.54, 1.807) is 20.8 Å². The molecular formula is C10H21BrN2O4S. The quantitative estimate of drug-likeness (QED) is 0.691. The second-order valence-electron chi connectivity index (χ2n) is 4.51. The number of amides is 1. The van der Waals surface area contributed by atoms with Gasteiger partial charge in [-0.05, 0) is 33.6 Å². The number of nitrogens with one attached hydrogen (secondary N) is 2. The van der Waals surface area contributed by atoms with E-state index in [0.29, 0.717) is 18.2 Å². The highest BCUT2D eigenvalue weighted by molar-refractivity contribution is 9.09. The Kier molecular flexibility index (Phi) is 7.16. The molecule has 1 amide bonds. The smallest absolute Gasteiger partial charge is 0.422 e. The molecule has 0 fully saturated rings. The van der Waals surface area contributed by atoms with Gasteiger partial charge in [-0.25, -0.2) is 9.52 Å². The highest BCUT2D eigenvalue weighted by atomic mass is 79.9. The predicted octanol–water partition coefficient (Wildman–Crippen LogP) is 1.91. The van der Waals surface area contributed by atoms with Gasteiger partial charge < -0.3 is 4.74 Å². The topological polar surface area (TPSA) is 84.5 Å². The maximum Gasteiger partial charge on any atom is 0.422 e. The Morgan fingerprint density at radius 3 is 2.39 bits per heavy atom. The Morgan fingerprint density at radius 2 is 2.00 bits per heavy atom. The standard InChI is InChI=1S/C10H21BrN2O4S/c1-5-10(4,6-7-11)13-18(15,16)12-9(14)17-8(2)3/h8,13H,5-7H2,1-4H3,(H,12,14). The second-order valence-corrected chi connectivity index (χ2v) is 6.72. The maximum atomic E-state index is 11.7. The van der Waals surface area contributed by atoms with E-state index in [0.717, 1.165) is 0 Å². The molecular weight excluding hydrogens is 324 g/mol. The average molecular weight is 345 g/mol. The molecule has 0 saturated heterocycles. The summed E-state index contributed by atoms with van der Waals surface area (Å²) in [6, 6.07) is 0. The number of ether oxygens (including phenoxy) is 1. The minimum absolute atomic E-state index is 0.375. The molecule has 0 aliphatic heterocycles. The zero-order chi connectivity index (χ0) is 14.4. The van der Waals surface area contributed by atoms with Gasteiger partial charge in [-0.2, -0.15) is 13.1 Å². The van der Waals surface area contributed by atoms with Crippen LogP contribution in [0.15, 0.2) is 0 Å². The molecule has 1 unspecified atom stereocenters. The highest BCUT2D eigenvalue weighted by Gasteiger charge is 2.28. The first-order valence-corrected chi connectivity index (χ1v) is 8.33. The fourth-order valence-electron chi connectivity index (χ4n) is 1.21. The molecule has 6 nitrogen and oxygen atoms in total. The first-order chi connectivity index (χ1) is 8.14. The molecule has 2 N–H and O–H groups in total. The van der Waals surface area contributed by atoms with E-state index in [1.165, 1.54) is 0 Å². The number of carbonyl (C=O) groups excluding carboxylic acids is 1. The number of rotatable bonds is 7. The maximum absolute atomic E-state index is 11.7. The van der Waals surface area contributed by atoms with Crippen molar-refractivity contribution >= 4 is 32.2 Å². The van der Waals surface area contributed by atoms with E-state index < -0.39 is 21.8 Å². The Labute approximate surface area is 117 Å². The minimum Gasteiger partial charge on any atom is -0.446 e. The van der Waals surface area contributed by atoms with Gasteiger partial charge in [0.2, 0.25) is 0 Å². The van der Waals surface area contributed by atoms with Crippen LogP contribution < -0.4 is 9.44 Å². The average Bonchev–Trinajstić information content (AvgIpc) is 2.14. The molecule has 0 aromatic heterocycles. The molecule has 0 heterocycles. The van der Waals surface area contributed by atoms with E-state index in [4.69, 9.17) is 4.74 Å². The molecule has 18 heavy (non-hydrogen) atoms. The van der Waals surface area contributed by atoms with Gasteiger partial charge in [-0.1, -0.05) is 22.9 Å². The summed E-state index contributed by atoms with van der Waals surface area (Å²) < 4.78 is 32.5. The molecule has 0 aromatic rings. The lowest BCUT2D eigenvalue weighted by Crippen LogP contribution is -2.52. The van der Waals surface area contributed by atoms with Gasteiger partial charge in [-0.3, -0.25) is 0 Å². The Balaban J connectivity index is 4.60. The summed E-state index contributed by atoms with van der Waals surface area (Å²) in [5.74, 6) is 0. The van der Waals surface area contributed by atoms with E-state index in [2.05, 4.69) is 20.7 Å². The van der Waals surface area contributed by atoms with Crippen LogP contribution in [0.3, 0.4) is 0 Å². The fourth-order valence-corrected chi connectivity index (χ4v) is 3.30. The molecule has 0 aliphatic rings. The molecule has 0 spiro atoms. The molecule has 8 heteroatoms. The molecule has 1 atom stereocenters. The summed E-state index contributed by atoms with van der Waals surface area (Å²) >= 11 is 3.27. The largest absolute Gasteiger partial charge is 0.446 e. The molecule has 0 rings (SSSR count). The van der Waals surface area contributed by atoms with Crippen molar-refractivity contribution in [3.8, 4) is 0 Å². The third-order valence-corrected chi connectivity index (χ3v) is 3.96. The third-order valence-electron chi connectivity index (χ3n) is 2.37. The van der Waals surface area contributed by atoms with Crippen LogP contribution in [0.2, 0.25) is 0 Å². The molecule has 0 bridgehead atoms. The molecule has 0 saturated carbocycles. The van der Waals surface area contributed by atoms with E-state index in [1.807, 2.05) is 11.6 Å². The fraction of sp³-hybridized carbons (Fsp3) is 0.900. The molecule has 0 aliphatic carbocycles. The van der Waals surface area contributed by atoms with Gasteiger partial charge >= 0.3 is 16.3 Å². The van der Waals surface area contributed by atoms with Crippen molar-refractivity contribution in [2.75, 3.05) is 5.33 Å². The minimum atomic E-state index is -3.91. The zero-order valence-electron chi connectivity index (χ0n) is 11.1. The molecule has 0 radical (unpaired) electrons. The number of hydrogen-bond acceptors (Lipinski definition) is 4. The van der Waals surface area contributed by atoms with Crippen molar-refractivity contribution in [2.24, 2.45) is 0 Å². The van der Waals surface area contributed by atoms with Crippen LogP contribution in [0.5, 0.6) is 0 Å². The lowest BCUT2D eigenvalue weighted by molar-refractivity contribution is 0.121. The van der Waals surface area contributed by atoms with Crippen molar-refractivity contribution < 1.29 is 17.9 Å². The van der Waals surface area contributed by atoms with Crippen molar-refractivity contribution in [3.05, 3.63) is 0 Å².